The monoisotopic (exact) mass is 345 g/mol. The van der Waals surface area contributed by atoms with E-state index in [9.17, 15) is 13.6 Å². The molecule has 1 aliphatic heterocycles. The number of aryl methyl sites for hydroxylation is 1. The maximum atomic E-state index is 13.4. The fourth-order valence-corrected chi connectivity index (χ4v) is 3.77. The third-order valence-electron chi connectivity index (χ3n) is 3.93. The predicted octanol–water partition coefficient (Wildman–Crippen LogP) is 4.66. The number of hydrogen-bond donors (Lipinski definition) is 1. The molecule has 1 aromatic rings. The quantitative estimate of drug-likeness (QED) is 0.847. The van der Waals surface area contributed by atoms with Crippen LogP contribution in [0.1, 0.15) is 57.5 Å². The topological polar surface area (TPSA) is 45.2 Å². The maximum Gasteiger partial charge on any atom is 0.323 e. The number of carbonyl (C=O) groups excluding carboxylic acids is 1. The molecule has 7 heteroatoms. The van der Waals surface area contributed by atoms with Crippen LogP contribution in [-0.4, -0.2) is 34.9 Å². The number of alkyl halides is 2. The zero-order chi connectivity index (χ0) is 17.3. The van der Waals surface area contributed by atoms with Crippen molar-refractivity contribution in [3.63, 3.8) is 0 Å². The van der Waals surface area contributed by atoms with Crippen molar-refractivity contribution in [2.24, 2.45) is 0 Å². The largest absolute Gasteiger partial charge is 0.324 e. The van der Waals surface area contributed by atoms with Crippen LogP contribution in [0.3, 0.4) is 0 Å². The highest BCUT2D eigenvalue weighted by Crippen LogP contribution is 2.34. The van der Waals surface area contributed by atoms with E-state index in [4.69, 9.17) is 0 Å². The molecule has 0 saturated carbocycles. The van der Waals surface area contributed by atoms with E-state index in [0.717, 1.165) is 17.0 Å². The fourth-order valence-electron chi connectivity index (χ4n) is 2.67. The SMILES string of the molecule is CCc1nc(NC(=O)N2CCCC(F)(F)CC2)sc1C(C)(C)C. The van der Waals surface area contributed by atoms with E-state index in [-0.39, 0.29) is 30.8 Å². The molecule has 0 radical (unpaired) electrons. The van der Waals surface area contributed by atoms with Crippen molar-refractivity contribution >= 4 is 22.5 Å². The van der Waals surface area contributed by atoms with Gasteiger partial charge in [0.1, 0.15) is 0 Å². The van der Waals surface area contributed by atoms with Crippen LogP contribution in [0.25, 0.3) is 0 Å². The van der Waals surface area contributed by atoms with Gasteiger partial charge >= 0.3 is 6.03 Å². The molecule has 0 bridgehead atoms. The average molecular weight is 345 g/mol. The number of nitrogens with one attached hydrogen (secondary N) is 1. The number of thiazole rings is 1. The Morgan fingerprint density at radius 2 is 2.04 bits per heavy atom. The third kappa shape index (κ3) is 4.62. The van der Waals surface area contributed by atoms with Gasteiger partial charge < -0.3 is 4.90 Å². The lowest BCUT2D eigenvalue weighted by molar-refractivity contribution is -0.0121. The van der Waals surface area contributed by atoms with Gasteiger partial charge in [0, 0.05) is 30.8 Å². The molecule has 1 aromatic heterocycles. The summed E-state index contributed by atoms with van der Waals surface area (Å²) in [4.78, 5) is 19.4. The molecule has 1 saturated heterocycles. The van der Waals surface area contributed by atoms with Crippen LogP contribution in [0, 0.1) is 0 Å². The van der Waals surface area contributed by atoms with Gasteiger partial charge in [-0.15, -0.1) is 11.3 Å². The molecule has 1 fully saturated rings. The molecule has 23 heavy (non-hydrogen) atoms. The molecular formula is C16H25F2N3OS. The van der Waals surface area contributed by atoms with Crippen molar-refractivity contribution in [1.29, 1.82) is 0 Å². The van der Waals surface area contributed by atoms with Gasteiger partial charge in [0.25, 0.3) is 0 Å². The smallest absolute Gasteiger partial charge is 0.323 e. The van der Waals surface area contributed by atoms with Crippen LogP contribution in [-0.2, 0) is 11.8 Å². The average Bonchev–Trinajstić information content (AvgIpc) is 2.76. The van der Waals surface area contributed by atoms with E-state index in [1.54, 1.807) is 0 Å². The number of likely N-dealkylation sites (tertiary alicyclic amines) is 1. The minimum absolute atomic E-state index is 0.0311. The Balaban J connectivity index is 2.07. The van der Waals surface area contributed by atoms with Crippen molar-refractivity contribution < 1.29 is 13.6 Å². The second kappa shape index (κ2) is 6.71. The number of nitrogens with zero attached hydrogens (tertiary/aromatic N) is 2. The first-order valence-corrected chi connectivity index (χ1v) is 8.88. The normalized spacial score (nSPS) is 18.6. The molecule has 1 aliphatic rings. The van der Waals surface area contributed by atoms with Gasteiger partial charge in [0.05, 0.1) is 5.69 Å². The van der Waals surface area contributed by atoms with Gasteiger partial charge in [-0.05, 0) is 18.3 Å². The summed E-state index contributed by atoms with van der Waals surface area (Å²) in [5.74, 6) is -2.66. The summed E-state index contributed by atoms with van der Waals surface area (Å²) in [5.41, 5.74) is 0.955. The van der Waals surface area contributed by atoms with Crippen molar-refractivity contribution in [2.75, 3.05) is 18.4 Å². The Morgan fingerprint density at radius 1 is 1.35 bits per heavy atom. The van der Waals surface area contributed by atoms with Crippen LogP contribution >= 0.6 is 11.3 Å². The van der Waals surface area contributed by atoms with E-state index in [0.29, 0.717) is 18.1 Å². The molecule has 0 atom stereocenters. The number of aromatic nitrogens is 1. The Morgan fingerprint density at radius 3 is 2.61 bits per heavy atom. The molecule has 0 aromatic carbocycles. The second-order valence-electron chi connectivity index (χ2n) is 7.03. The minimum Gasteiger partial charge on any atom is -0.324 e. The second-order valence-corrected chi connectivity index (χ2v) is 8.02. The molecule has 1 N–H and O–H groups in total. The van der Waals surface area contributed by atoms with Crippen LogP contribution < -0.4 is 5.32 Å². The molecule has 2 amide bonds. The number of amides is 2. The number of urea groups is 1. The van der Waals surface area contributed by atoms with Gasteiger partial charge in [-0.1, -0.05) is 27.7 Å². The lowest BCUT2D eigenvalue weighted by atomic mass is 9.93. The van der Waals surface area contributed by atoms with E-state index < -0.39 is 5.92 Å². The van der Waals surface area contributed by atoms with E-state index in [1.807, 2.05) is 6.92 Å². The Labute approximate surface area is 140 Å². The first-order chi connectivity index (χ1) is 10.6. The third-order valence-corrected chi connectivity index (χ3v) is 5.37. The molecule has 2 heterocycles. The van der Waals surface area contributed by atoms with Crippen molar-refractivity contribution in [3.8, 4) is 0 Å². The number of rotatable bonds is 2. The summed E-state index contributed by atoms with van der Waals surface area (Å²) in [5, 5.41) is 3.33. The van der Waals surface area contributed by atoms with E-state index >= 15 is 0 Å². The molecule has 0 aliphatic carbocycles. The maximum absolute atomic E-state index is 13.4. The Hall–Kier alpha value is -1.24. The predicted molar refractivity (Wildman–Crippen MR) is 89.6 cm³/mol. The highest BCUT2D eigenvalue weighted by Gasteiger charge is 2.33. The number of anilines is 1. The van der Waals surface area contributed by atoms with Crippen LogP contribution in [0.2, 0.25) is 0 Å². The van der Waals surface area contributed by atoms with E-state index in [2.05, 4.69) is 31.1 Å². The first kappa shape index (κ1) is 18.1. The highest BCUT2D eigenvalue weighted by atomic mass is 32.1. The summed E-state index contributed by atoms with van der Waals surface area (Å²) >= 11 is 1.47. The number of hydrogen-bond acceptors (Lipinski definition) is 3. The van der Waals surface area contributed by atoms with Gasteiger partial charge in [0.15, 0.2) is 5.13 Å². The molecule has 0 unspecified atom stereocenters. The van der Waals surface area contributed by atoms with Gasteiger partial charge in [-0.2, -0.15) is 0 Å². The van der Waals surface area contributed by atoms with Crippen molar-refractivity contribution in [3.05, 3.63) is 10.6 Å². The van der Waals surface area contributed by atoms with Crippen molar-refractivity contribution in [1.82, 2.24) is 9.88 Å². The summed E-state index contributed by atoms with van der Waals surface area (Å²) < 4.78 is 26.8. The van der Waals surface area contributed by atoms with Crippen molar-refractivity contribution in [2.45, 2.75) is 64.7 Å². The first-order valence-electron chi connectivity index (χ1n) is 8.06. The van der Waals surface area contributed by atoms with E-state index in [1.165, 1.54) is 16.2 Å². The summed E-state index contributed by atoms with van der Waals surface area (Å²) in [6.07, 6.45) is 0.703. The Kier molecular flexibility index (Phi) is 5.28. The van der Waals surface area contributed by atoms with Crippen LogP contribution in [0.5, 0.6) is 0 Å². The van der Waals surface area contributed by atoms with Crippen LogP contribution in [0.4, 0.5) is 18.7 Å². The standard InChI is InChI=1S/C16H25F2N3OS/c1-5-11-12(15(2,3)4)23-13(19-11)20-14(22)21-9-6-7-16(17,18)8-10-21/h5-10H2,1-4H3,(H,19,20,22). The summed E-state index contributed by atoms with van der Waals surface area (Å²) in [6, 6.07) is -0.334. The number of carbonyl (C=O) groups is 1. The Bertz CT molecular complexity index is 566. The lowest BCUT2D eigenvalue weighted by Gasteiger charge is -2.20. The zero-order valence-corrected chi connectivity index (χ0v) is 15.0. The number of halogens is 2. The molecule has 4 nitrogen and oxygen atoms in total. The molecule has 130 valence electrons. The lowest BCUT2D eigenvalue weighted by Crippen LogP contribution is -2.36. The molecule has 2 rings (SSSR count). The van der Waals surface area contributed by atoms with Gasteiger partial charge in [0.2, 0.25) is 5.92 Å². The highest BCUT2D eigenvalue weighted by molar-refractivity contribution is 7.16. The van der Waals surface area contributed by atoms with Crippen LogP contribution in [0.15, 0.2) is 0 Å². The summed E-state index contributed by atoms with van der Waals surface area (Å²) in [7, 11) is 0. The molecular weight excluding hydrogens is 320 g/mol. The molecule has 0 spiro atoms. The zero-order valence-electron chi connectivity index (χ0n) is 14.2. The van der Waals surface area contributed by atoms with Gasteiger partial charge in [-0.25, -0.2) is 18.6 Å². The summed E-state index contributed by atoms with van der Waals surface area (Å²) in [6.45, 7) is 8.82. The minimum atomic E-state index is -2.66. The fraction of sp³-hybridized carbons (Fsp3) is 0.750. The van der Waals surface area contributed by atoms with Gasteiger partial charge in [-0.3, -0.25) is 5.32 Å².